The van der Waals surface area contributed by atoms with Gasteiger partial charge in [-0.15, -0.1) is 0 Å². The lowest BCUT2D eigenvalue weighted by molar-refractivity contribution is 0.0788. The van der Waals surface area contributed by atoms with Crippen LogP contribution in [0.4, 0.5) is 0 Å². The molecule has 7 nitrogen and oxygen atoms in total. The highest BCUT2D eigenvalue weighted by atomic mass is 16.5. The Bertz CT molecular complexity index is 789. The Balaban J connectivity index is 1.33. The van der Waals surface area contributed by atoms with Crippen LogP contribution in [0.2, 0.25) is 0 Å². The SMILES string of the molecule is Cc1cncn(CC2CCN(Cc3cnc4n3CCOC4)CC2)c1=O. The van der Waals surface area contributed by atoms with E-state index >= 15 is 0 Å². The summed E-state index contributed by atoms with van der Waals surface area (Å²) in [6.07, 6.45) is 7.53. The van der Waals surface area contributed by atoms with Gasteiger partial charge in [0.15, 0.2) is 0 Å². The maximum atomic E-state index is 12.1. The number of hydrogen-bond acceptors (Lipinski definition) is 5. The molecule has 4 heterocycles. The molecule has 0 amide bonds. The van der Waals surface area contributed by atoms with Gasteiger partial charge in [0.2, 0.25) is 0 Å². The van der Waals surface area contributed by atoms with Gasteiger partial charge in [0, 0.05) is 37.6 Å². The summed E-state index contributed by atoms with van der Waals surface area (Å²) >= 11 is 0. The number of hydrogen-bond donors (Lipinski definition) is 0. The van der Waals surface area contributed by atoms with Crippen molar-refractivity contribution in [1.82, 2.24) is 24.0 Å². The van der Waals surface area contributed by atoms with Gasteiger partial charge in [-0.1, -0.05) is 0 Å². The molecule has 0 spiro atoms. The molecule has 7 heteroatoms. The zero-order valence-corrected chi connectivity index (χ0v) is 14.7. The molecule has 0 bridgehead atoms. The topological polar surface area (TPSA) is 65.2 Å². The first-order valence-corrected chi connectivity index (χ1v) is 9.05. The predicted molar refractivity (Wildman–Crippen MR) is 93.1 cm³/mol. The molecule has 2 aromatic rings. The maximum Gasteiger partial charge on any atom is 0.256 e. The van der Waals surface area contributed by atoms with Crippen molar-refractivity contribution in [1.29, 1.82) is 0 Å². The van der Waals surface area contributed by atoms with Gasteiger partial charge in [0.05, 0.1) is 18.6 Å². The lowest BCUT2D eigenvalue weighted by atomic mass is 9.96. The zero-order chi connectivity index (χ0) is 17.2. The van der Waals surface area contributed by atoms with Gasteiger partial charge in [-0.2, -0.15) is 0 Å². The fourth-order valence-electron chi connectivity index (χ4n) is 3.81. The Kier molecular flexibility index (Phi) is 4.67. The van der Waals surface area contributed by atoms with Crippen molar-refractivity contribution >= 4 is 0 Å². The van der Waals surface area contributed by atoms with Crippen LogP contribution in [-0.2, 0) is 31.0 Å². The number of aromatic nitrogens is 4. The summed E-state index contributed by atoms with van der Waals surface area (Å²) in [6.45, 7) is 7.99. The molecule has 0 saturated carbocycles. The van der Waals surface area contributed by atoms with E-state index in [1.54, 1.807) is 17.1 Å². The van der Waals surface area contributed by atoms with E-state index < -0.39 is 0 Å². The molecule has 1 fully saturated rings. The van der Waals surface area contributed by atoms with Gasteiger partial charge in [-0.25, -0.2) is 9.97 Å². The van der Waals surface area contributed by atoms with Crippen LogP contribution in [-0.4, -0.2) is 43.7 Å². The van der Waals surface area contributed by atoms with Crippen LogP contribution in [0.25, 0.3) is 0 Å². The normalized spacial score (nSPS) is 19.1. The second kappa shape index (κ2) is 7.09. The van der Waals surface area contributed by atoms with Crippen molar-refractivity contribution in [2.45, 2.75) is 46.0 Å². The van der Waals surface area contributed by atoms with Crippen LogP contribution in [0, 0.1) is 12.8 Å². The van der Waals surface area contributed by atoms with E-state index in [2.05, 4.69) is 19.4 Å². The number of piperidine rings is 1. The lowest BCUT2D eigenvalue weighted by Gasteiger charge is -2.32. The van der Waals surface area contributed by atoms with Crippen LogP contribution in [0.1, 0.15) is 29.9 Å². The first kappa shape index (κ1) is 16.5. The molecule has 25 heavy (non-hydrogen) atoms. The van der Waals surface area contributed by atoms with Crippen molar-refractivity contribution < 1.29 is 4.74 Å². The summed E-state index contributed by atoms with van der Waals surface area (Å²) in [5.41, 5.74) is 2.09. The largest absolute Gasteiger partial charge is 0.372 e. The van der Waals surface area contributed by atoms with Crippen LogP contribution < -0.4 is 5.56 Å². The molecule has 134 valence electrons. The minimum atomic E-state index is 0.0885. The third-order valence-electron chi connectivity index (χ3n) is 5.33. The number of ether oxygens (including phenoxy) is 1. The molecule has 0 N–H and O–H groups in total. The maximum absolute atomic E-state index is 12.1. The van der Waals surface area contributed by atoms with Crippen LogP contribution in [0.3, 0.4) is 0 Å². The summed E-state index contributed by atoms with van der Waals surface area (Å²) in [5.74, 6) is 1.59. The Hall–Kier alpha value is -1.99. The Morgan fingerprint density at radius 2 is 2.08 bits per heavy atom. The molecule has 0 aromatic carbocycles. The summed E-state index contributed by atoms with van der Waals surface area (Å²) in [7, 11) is 0. The Labute approximate surface area is 147 Å². The van der Waals surface area contributed by atoms with Gasteiger partial charge >= 0.3 is 0 Å². The third-order valence-corrected chi connectivity index (χ3v) is 5.33. The van der Waals surface area contributed by atoms with E-state index in [0.29, 0.717) is 12.5 Å². The Morgan fingerprint density at radius 1 is 1.24 bits per heavy atom. The lowest BCUT2D eigenvalue weighted by Crippen LogP contribution is -2.36. The van der Waals surface area contributed by atoms with Crippen molar-refractivity contribution in [3.63, 3.8) is 0 Å². The first-order valence-electron chi connectivity index (χ1n) is 9.05. The molecule has 0 atom stereocenters. The second-order valence-corrected chi connectivity index (χ2v) is 7.12. The highest BCUT2D eigenvalue weighted by molar-refractivity contribution is 5.06. The number of likely N-dealkylation sites (tertiary alicyclic amines) is 1. The Morgan fingerprint density at radius 3 is 2.92 bits per heavy atom. The highest BCUT2D eigenvalue weighted by Gasteiger charge is 2.22. The fraction of sp³-hybridized carbons (Fsp3) is 0.611. The molecule has 1 saturated heterocycles. The molecule has 0 aliphatic carbocycles. The molecule has 2 aliphatic rings. The molecule has 4 rings (SSSR count). The number of fused-ring (bicyclic) bond motifs is 1. The number of rotatable bonds is 4. The van der Waals surface area contributed by atoms with Crippen LogP contribution in [0.15, 0.2) is 23.5 Å². The van der Waals surface area contributed by atoms with Gasteiger partial charge in [0.25, 0.3) is 5.56 Å². The van der Waals surface area contributed by atoms with E-state index in [0.717, 1.165) is 63.6 Å². The monoisotopic (exact) mass is 343 g/mol. The van der Waals surface area contributed by atoms with Crippen molar-refractivity contribution in [2.75, 3.05) is 19.7 Å². The summed E-state index contributed by atoms with van der Waals surface area (Å²) < 4.78 is 9.52. The first-order chi connectivity index (χ1) is 12.2. The van der Waals surface area contributed by atoms with Gasteiger partial charge in [-0.05, 0) is 38.8 Å². The van der Waals surface area contributed by atoms with Gasteiger partial charge in [0.1, 0.15) is 12.4 Å². The number of nitrogens with zero attached hydrogens (tertiary/aromatic N) is 5. The number of imidazole rings is 1. The van der Waals surface area contributed by atoms with Crippen LogP contribution in [0.5, 0.6) is 0 Å². The number of aryl methyl sites for hydroxylation is 1. The second-order valence-electron chi connectivity index (χ2n) is 7.12. The van der Waals surface area contributed by atoms with E-state index in [1.807, 2.05) is 13.1 Å². The van der Waals surface area contributed by atoms with Gasteiger partial charge in [-0.3, -0.25) is 14.3 Å². The molecule has 2 aromatic heterocycles. The van der Waals surface area contributed by atoms with Crippen LogP contribution >= 0.6 is 0 Å². The van der Waals surface area contributed by atoms with E-state index in [4.69, 9.17) is 4.74 Å². The fourth-order valence-corrected chi connectivity index (χ4v) is 3.81. The summed E-state index contributed by atoms with van der Waals surface area (Å²) in [4.78, 5) is 23.3. The summed E-state index contributed by atoms with van der Waals surface area (Å²) in [6, 6.07) is 0. The third kappa shape index (κ3) is 3.52. The van der Waals surface area contributed by atoms with E-state index in [1.165, 1.54) is 5.69 Å². The van der Waals surface area contributed by atoms with Crippen molar-refractivity contribution in [3.8, 4) is 0 Å². The van der Waals surface area contributed by atoms with E-state index in [-0.39, 0.29) is 5.56 Å². The van der Waals surface area contributed by atoms with Crippen molar-refractivity contribution in [2.24, 2.45) is 5.92 Å². The highest BCUT2D eigenvalue weighted by Crippen LogP contribution is 2.21. The standard InChI is InChI=1S/C18H25N5O2/c1-14-8-19-13-22(18(14)24)10-15-2-4-21(5-3-15)11-16-9-20-17-12-25-7-6-23(16)17/h8-9,13,15H,2-7,10-12H2,1H3. The quantitative estimate of drug-likeness (QED) is 0.834. The van der Waals surface area contributed by atoms with E-state index in [9.17, 15) is 4.79 Å². The molecule has 2 aliphatic heterocycles. The molecule has 0 radical (unpaired) electrons. The average Bonchev–Trinajstić information content (AvgIpc) is 3.04. The molecular weight excluding hydrogens is 318 g/mol. The predicted octanol–water partition coefficient (Wildman–Crippen LogP) is 1.19. The molecular formula is C18H25N5O2. The minimum absolute atomic E-state index is 0.0885. The minimum Gasteiger partial charge on any atom is -0.372 e. The molecule has 0 unspecified atom stereocenters. The van der Waals surface area contributed by atoms with Crippen molar-refractivity contribution in [3.05, 3.63) is 46.2 Å². The zero-order valence-electron chi connectivity index (χ0n) is 14.7. The average molecular weight is 343 g/mol. The summed E-state index contributed by atoms with van der Waals surface area (Å²) in [5, 5.41) is 0. The smallest absolute Gasteiger partial charge is 0.256 e. The van der Waals surface area contributed by atoms with Gasteiger partial charge < -0.3 is 9.30 Å².